The van der Waals surface area contributed by atoms with E-state index in [1.165, 1.54) is 0 Å². The molecule has 0 bridgehead atoms. The average Bonchev–Trinajstić information content (AvgIpc) is 2.48. The van der Waals surface area contributed by atoms with Gasteiger partial charge in [-0.1, -0.05) is 50.2 Å². The van der Waals surface area contributed by atoms with Crippen LogP contribution in [-0.4, -0.2) is 8.42 Å². The lowest BCUT2D eigenvalue weighted by Gasteiger charge is -2.15. The predicted molar refractivity (Wildman–Crippen MR) is 82.4 cm³/mol. The highest BCUT2D eigenvalue weighted by Gasteiger charge is 2.17. The van der Waals surface area contributed by atoms with Crippen LogP contribution >= 0.6 is 0 Å². The van der Waals surface area contributed by atoms with Crippen molar-refractivity contribution in [2.45, 2.75) is 31.6 Å². The number of nitrogens with one attached hydrogen (secondary N) is 1. The Labute approximate surface area is 120 Å². The maximum Gasteiger partial charge on any atom is 0.261 e. The van der Waals surface area contributed by atoms with Crippen LogP contribution in [-0.2, 0) is 22.9 Å². The Kier molecular flexibility index (Phi) is 4.45. The van der Waals surface area contributed by atoms with Crippen LogP contribution in [0.25, 0.3) is 0 Å². The molecule has 0 aliphatic carbocycles. The summed E-state index contributed by atoms with van der Waals surface area (Å²) >= 11 is 0. The van der Waals surface area contributed by atoms with Crippen molar-refractivity contribution in [3.05, 3.63) is 59.7 Å². The van der Waals surface area contributed by atoms with Crippen molar-refractivity contribution < 1.29 is 8.42 Å². The molecule has 4 heteroatoms. The fourth-order valence-electron chi connectivity index (χ4n) is 2.17. The second-order valence-electron chi connectivity index (χ2n) is 4.58. The van der Waals surface area contributed by atoms with E-state index in [0.717, 1.165) is 29.7 Å². The van der Waals surface area contributed by atoms with E-state index in [2.05, 4.69) is 4.72 Å². The van der Waals surface area contributed by atoms with Crippen molar-refractivity contribution in [1.82, 2.24) is 0 Å². The number of rotatable bonds is 5. The molecule has 0 aliphatic heterocycles. The first-order valence-corrected chi connectivity index (χ1v) is 8.25. The van der Waals surface area contributed by atoms with Crippen LogP contribution in [0, 0.1) is 0 Å². The van der Waals surface area contributed by atoms with Crippen LogP contribution in [0.3, 0.4) is 0 Å². The number of benzene rings is 2. The third kappa shape index (κ3) is 3.02. The van der Waals surface area contributed by atoms with E-state index in [1.807, 2.05) is 32.0 Å². The van der Waals surface area contributed by atoms with E-state index >= 15 is 0 Å². The highest BCUT2D eigenvalue weighted by Crippen LogP contribution is 2.25. The van der Waals surface area contributed by atoms with Crippen LogP contribution in [0.5, 0.6) is 0 Å². The summed E-state index contributed by atoms with van der Waals surface area (Å²) in [5.41, 5.74) is 2.76. The smallest absolute Gasteiger partial charge is 0.261 e. The Bertz CT molecular complexity index is 657. The molecule has 2 aromatic carbocycles. The van der Waals surface area contributed by atoms with Crippen LogP contribution in [0.4, 0.5) is 5.69 Å². The molecule has 106 valence electrons. The Hall–Kier alpha value is -1.81. The number of sulfonamides is 1. The second kappa shape index (κ2) is 6.09. The Morgan fingerprint density at radius 3 is 1.90 bits per heavy atom. The second-order valence-corrected chi connectivity index (χ2v) is 6.26. The first kappa shape index (κ1) is 14.6. The summed E-state index contributed by atoms with van der Waals surface area (Å²) in [6, 6.07) is 14.3. The molecule has 0 atom stereocenters. The normalized spacial score (nSPS) is 11.3. The molecule has 0 saturated heterocycles. The molecule has 0 heterocycles. The first-order valence-electron chi connectivity index (χ1n) is 6.77. The molecule has 1 N–H and O–H groups in total. The molecule has 0 radical (unpaired) electrons. The lowest BCUT2D eigenvalue weighted by Crippen LogP contribution is -2.15. The first-order chi connectivity index (χ1) is 9.58. The number of anilines is 1. The van der Waals surface area contributed by atoms with Gasteiger partial charge < -0.3 is 0 Å². The Morgan fingerprint density at radius 2 is 1.40 bits per heavy atom. The summed E-state index contributed by atoms with van der Waals surface area (Å²) in [7, 11) is -3.53. The van der Waals surface area contributed by atoms with Gasteiger partial charge in [-0.05, 0) is 36.1 Å². The maximum atomic E-state index is 12.4. The third-order valence-electron chi connectivity index (χ3n) is 3.29. The van der Waals surface area contributed by atoms with Gasteiger partial charge in [0.2, 0.25) is 0 Å². The van der Waals surface area contributed by atoms with Crippen molar-refractivity contribution in [2.24, 2.45) is 0 Å². The fourth-order valence-corrected chi connectivity index (χ4v) is 3.33. The minimum atomic E-state index is -3.53. The van der Waals surface area contributed by atoms with Gasteiger partial charge in [-0.25, -0.2) is 8.42 Å². The van der Waals surface area contributed by atoms with Gasteiger partial charge in [0.05, 0.1) is 10.6 Å². The predicted octanol–water partition coefficient (Wildman–Crippen LogP) is 3.61. The summed E-state index contributed by atoms with van der Waals surface area (Å²) < 4.78 is 27.6. The highest BCUT2D eigenvalue weighted by molar-refractivity contribution is 7.92. The Balaban J connectivity index is 2.44. The molecular formula is C16H19NO2S. The summed E-state index contributed by atoms with van der Waals surface area (Å²) in [5, 5.41) is 0. The standard InChI is InChI=1S/C16H19NO2S/c1-3-13-9-8-10-14(4-2)16(13)17-20(18,19)15-11-6-5-7-12-15/h5-12,17H,3-4H2,1-2H3. The van der Waals surface area contributed by atoms with Crippen LogP contribution in [0.2, 0.25) is 0 Å². The number of aryl methyl sites for hydroxylation is 2. The average molecular weight is 289 g/mol. The largest absolute Gasteiger partial charge is 0.279 e. The van der Waals surface area contributed by atoms with Gasteiger partial charge in [0.25, 0.3) is 10.0 Å². The molecule has 0 fully saturated rings. The van der Waals surface area contributed by atoms with Gasteiger partial charge in [0, 0.05) is 0 Å². The highest BCUT2D eigenvalue weighted by atomic mass is 32.2. The summed E-state index contributed by atoms with van der Waals surface area (Å²) in [4.78, 5) is 0.285. The van der Waals surface area contributed by atoms with Crippen molar-refractivity contribution in [1.29, 1.82) is 0 Å². The number of hydrogen-bond acceptors (Lipinski definition) is 2. The van der Waals surface area contributed by atoms with Gasteiger partial charge in [-0.3, -0.25) is 4.72 Å². The van der Waals surface area contributed by atoms with Crippen molar-refractivity contribution >= 4 is 15.7 Å². The monoisotopic (exact) mass is 289 g/mol. The minimum Gasteiger partial charge on any atom is -0.279 e. The quantitative estimate of drug-likeness (QED) is 0.914. The molecule has 2 rings (SSSR count). The zero-order chi connectivity index (χ0) is 14.6. The van der Waals surface area contributed by atoms with Crippen molar-refractivity contribution in [2.75, 3.05) is 4.72 Å². The van der Waals surface area contributed by atoms with Gasteiger partial charge in [-0.2, -0.15) is 0 Å². The minimum absolute atomic E-state index is 0.285. The van der Waals surface area contributed by atoms with Gasteiger partial charge >= 0.3 is 0 Å². The molecule has 20 heavy (non-hydrogen) atoms. The third-order valence-corrected chi connectivity index (χ3v) is 4.65. The Morgan fingerprint density at radius 1 is 0.850 bits per heavy atom. The molecule has 0 aliphatic rings. The SMILES string of the molecule is CCc1cccc(CC)c1NS(=O)(=O)c1ccccc1. The van der Waals surface area contributed by atoms with Crippen LogP contribution in [0.15, 0.2) is 53.4 Å². The van der Waals surface area contributed by atoms with Gasteiger partial charge in [0.1, 0.15) is 0 Å². The molecule has 3 nitrogen and oxygen atoms in total. The molecule has 2 aromatic rings. The maximum absolute atomic E-state index is 12.4. The van der Waals surface area contributed by atoms with Gasteiger partial charge in [0.15, 0.2) is 0 Å². The topological polar surface area (TPSA) is 46.2 Å². The van der Waals surface area contributed by atoms with E-state index in [4.69, 9.17) is 0 Å². The molecule has 0 unspecified atom stereocenters. The molecule has 0 saturated carbocycles. The van der Waals surface area contributed by atoms with E-state index in [1.54, 1.807) is 30.3 Å². The summed E-state index contributed by atoms with van der Waals surface area (Å²) in [6.45, 7) is 4.05. The zero-order valence-electron chi connectivity index (χ0n) is 11.8. The molecular weight excluding hydrogens is 270 g/mol. The summed E-state index contributed by atoms with van der Waals surface area (Å²) in [5.74, 6) is 0. The van der Waals surface area contributed by atoms with Crippen molar-refractivity contribution in [3.63, 3.8) is 0 Å². The van der Waals surface area contributed by atoms with E-state index in [-0.39, 0.29) is 4.90 Å². The lowest BCUT2D eigenvalue weighted by molar-refractivity contribution is 0.601. The number of para-hydroxylation sites is 1. The van der Waals surface area contributed by atoms with Crippen LogP contribution < -0.4 is 4.72 Å². The molecule has 0 amide bonds. The van der Waals surface area contributed by atoms with Crippen LogP contribution in [0.1, 0.15) is 25.0 Å². The fraction of sp³-hybridized carbons (Fsp3) is 0.250. The number of hydrogen-bond donors (Lipinski definition) is 1. The lowest BCUT2D eigenvalue weighted by atomic mass is 10.0. The summed E-state index contributed by atoms with van der Waals surface area (Å²) in [6.07, 6.45) is 1.58. The van der Waals surface area contributed by atoms with Gasteiger partial charge in [-0.15, -0.1) is 0 Å². The molecule has 0 aromatic heterocycles. The van der Waals surface area contributed by atoms with E-state index in [9.17, 15) is 8.42 Å². The van der Waals surface area contributed by atoms with E-state index in [0.29, 0.717) is 0 Å². The zero-order valence-corrected chi connectivity index (χ0v) is 12.6. The van der Waals surface area contributed by atoms with Crippen molar-refractivity contribution in [3.8, 4) is 0 Å². The molecule has 0 spiro atoms. The van der Waals surface area contributed by atoms with E-state index < -0.39 is 10.0 Å².